The number of aryl methyl sites for hydroxylation is 3. The molecule has 0 bridgehead atoms. The molecule has 126 valence electrons. The summed E-state index contributed by atoms with van der Waals surface area (Å²) in [6.07, 6.45) is 6.97. The van der Waals surface area contributed by atoms with Crippen LogP contribution in [0.5, 0.6) is 0 Å². The summed E-state index contributed by atoms with van der Waals surface area (Å²) >= 11 is 0. The summed E-state index contributed by atoms with van der Waals surface area (Å²) < 4.78 is 13.8. The SMILES string of the molecule is CCc1nc(C)c(CNC[C@@H]2CCCO[C@H]2c2nccn2C)o1. The van der Waals surface area contributed by atoms with E-state index in [0.29, 0.717) is 12.5 Å². The minimum atomic E-state index is 0.0678. The highest BCUT2D eigenvalue weighted by atomic mass is 16.5. The molecule has 0 amide bonds. The molecule has 0 spiro atoms. The highest BCUT2D eigenvalue weighted by Gasteiger charge is 2.30. The van der Waals surface area contributed by atoms with Crippen LogP contribution in [0, 0.1) is 12.8 Å². The maximum absolute atomic E-state index is 6.00. The van der Waals surface area contributed by atoms with Crippen molar-refractivity contribution in [3.8, 4) is 0 Å². The van der Waals surface area contributed by atoms with Crippen LogP contribution in [0.25, 0.3) is 0 Å². The van der Waals surface area contributed by atoms with Crippen molar-refractivity contribution < 1.29 is 9.15 Å². The quantitative estimate of drug-likeness (QED) is 0.886. The van der Waals surface area contributed by atoms with E-state index in [2.05, 4.69) is 26.8 Å². The van der Waals surface area contributed by atoms with Crippen molar-refractivity contribution in [1.82, 2.24) is 19.9 Å². The molecule has 1 saturated heterocycles. The van der Waals surface area contributed by atoms with Crippen molar-refractivity contribution in [2.45, 2.75) is 45.8 Å². The number of hydrogen-bond donors (Lipinski definition) is 1. The fourth-order valence-corrected chi connectivity index (χ4v) is 3.16. The molecule has 0 radical (unpaired) electrons. The first kappa shape index (κ1) is 16.2. The molecule has 1 aliphatic rings. The maximum Gasteiger partial charge on any atom is 0.194 e. The third-order valence-electron chi connectivity index (χ3n) is 4.49. The molecule has 3 rings (SSSR count). The van der Waals surface area contributed by atoms with Crippen LogP contribution in [0.4, 0.5) is 0 Å². The van der Waals surface area contributed by atoms with Gasteiger partial charge in [-0.3, -0.25) is 0 Å². The lowest BCUT2D eigenvalue weighted by atomic mass is 9.93. The van der Waals surface area contributed by atoms with Gasteiger partial charge in [0.1, 0.15) is 17.7 Å². The van der Waals surface area contributed by atoms with Crippen LogP contribution in [0.1, 0.15) is 49.0 Å². The summed E-state index contributed by atoms with van der Waals surface area (Å²) in [5, 5.41) is 3.51. The van der Waals surface area contributed by atoms with Gasteiger partial charge in [-0.05, 0) is 19.8 Å². The van der Waals surface area contributed by atoms with E-state index in [1.807, 2.05) is 26.4 Å². The van der Waals surface area contributed by atoms with Crippen molar-refractivity contribution in [1.29, 1.82) is 0 Å². The molecule has 0 aromatic carbocycles. The van der Waals surface area contributed by atoms with Gasteiger partial charge in [0.2, 0.25) is 0 Å². The average molecular weight is 318 g/mol. The van der Waals surface area contributed by atoms with Gasteiger partial charge >= 0.3 is 0 Å². The topological polar surface area (TPSA) is 65.1 Å². The highest BCUT2D eigenvalue weighted by Crippen LogP contribution is 2.32. The Morgan fingerprint density at radius 3 is 3.00 bits per heavy atom. The first-order valence-electron chi connectivity index (χ1n) is 8.43. The van der Waals surface area contributed by atoms with Gasteiger partial charge in [-0.1, -0.05) is 6.92 Å². The first-order chi connectivity index (χ1) is 11.2. The maximum atomic E-state index is 6.00. The van der Waals surface area contributed by atoms with E-state index in [1.54, 1.807) is 0 Å². The van der Waals surface area contributed by atoms with Crippen molar-refractivity contribution in [3.05, 3.63) is 35.6 Å². The second kappa shape index (κ2) is 7.27. The van der Waals surface area contributed by atoms with Gasteiger partial charge in [0, 0.05) is 44.9 Å². The van der Waals surface area contributed by atoms with Crippen molar-refractivity contribution >= 4 is 0 Å². The molecule has 0 unspecified atom stereocenters. The highest BCUT2D eigenvalue weighted by molar-refractivity contribution is 5.08. The third kappa shape index (κ3) is 3.64. The van der Waals surface area contributed by atoms with Crippen LogP contribution in [-0.4, -0.2) is 27.7 Å². The predicted molar refractivity (Wildman–Crippen MR) is 86.9 cm³/mol. The Labute approximate surface area is 137 Å². The number of nitrogens with one attached hydrogen (secondary N) is 1. The Balaban J connectivity index is 1.59. The molecule has 2 aromatic heterocycles. The standard InChI is InChI=1S/C17H26N4O2/c1-4-15-20-12(2)14(23-15)11-18-10-13-6-5-9-22-16(13)17-19-7-8-21(17)3/h7-8,13,16,18H,4-6,9-11H2,1-3H3/t13-,16+/m0/s1. The Morgan fingerprint density at radius 1 is 1.43 bits per heavy atom. The summed E-state index contributed by atoms with van der Waals surface area (Å²) in [6.45, 7) is 6.47. The van der Waals surface area contributed by atoms with Crippen LogP contribution >= 0.6 is 0 Å². The molecule has 0 saturated carbocycles. The molecule has 6 heteroatoms. The van der Waals surface area contributed by atoms with Crippen molar-refractivity contribution in [2.75, 3.05) is 13.2 Å². The van der Waals surface area contributed by atoms with E-state index < -0.39 is 0 Å². The number of hydrogen-bond acceptors (Lipinski definition) is 5. The fourth-order valence-electron chi connectivity index (χ4n) is 3.16. The van der Waals surface area contributed by atoms with Crippen LogP contribution in [0.2, 0.25) is 0 Å². The predicted octanol–water partition coefficient (Wildman–Crippen LogP) is 2.54. The third-order valence-corrected chi connectivity index (χ3v) is 4.49. The largest absolute Gasteiger partial charge is 0.444 e. The van der Waals surface area contributed by atoms with E-state index in [4.69, 9.17) is 9.15 Å². The van der Waals surface area contributed by atoms with Crippen LogP contribution in [-0.2, 0) is 24.8 Å². The zero-order valence-corrected chi connectivity index (χ0v) is 14.2. The Kier molecular flexibility index (Phi) is 5.13. The van der Waals surface area contributed by atoms with Crippen LogP contribution < -0.4 is 5.32 Å². The zero-order chi connectivity index (χ0) is 16.2. The van der Waals surface area contributed by atoms with Gasteiger partial charge < -0.3 is 19.0 Å². The number of imidazole rings is 1. The van der Waals surface area contributed by atoms with Gasteiger partial charge in [-0.15, -0.1) is 0 Å². The summed E-state index contributed by atoms with van der Waals surface area (Å²) in [6, 6.07) is 0. The summed E-state index contributed by atoms with van der Waals surface area (Å²) in [5.41, 5.74) is 0.981. The minimum Gasteiger partial charge on any atom is -0.444 e. The molecule has 1 fully saturated rings. The average Bonchev–Trinajstić information content (AvgIpc) is 3.14. The summed E-state index contributed by atoms with van der Waals surface area (Å²) in [5.74, 6) is 3.19. The van der Waals surface area contributed by atoms with Crippen LogP contribution in [0.3, 0.4) is 0 Å². The number of oxazole rings is 1. The van der Waals surface area contributed by atoms with Crippen molar-refractivity contribution in [3.63, 3.8) is 0 Å². The molecule has 2 atom stereocenters. The molecule has 2 aromatic rings. The molecule has 1 aliphatic heterocycles. The summed E-state index contributed by atoms with van der Waals surface area (Å²) in [4.78, 5) is 8.88. The molecule has 3 heterocycles. The lowest BCUT2D eigenvalue weighted by Crippen LogP contribution is -2.33. The first-order valence-corrected chi connectivity index (χ1v) is 8.43. The van der Waals surface area contributed by atoms with E-state index in [-0.39, 0.29) is 6.10 Å². The number of rotatable bonds is 6. The lowest BCUT2D eigenvalue weighted by molar-refractivity contribution is -0.0345. The van der Waals surface area contributed by atoms with Crippen molar-refractivity contribution in [2.24, 2.45) is 13.0 Å². The van der Waals surface area contributed by atoms with E-state index in [1.165, 1.54) is 0 Å². The number of aromatic nitrogens is 3. The Bertz CT molecular complexity index is 634. The molecule has 6 nitrogen and oxygen atoms in total. The molecule has 0 aliphatic carbocycles. The van der Waals surface area contributed by atoms with Gasteiger partial charge in [-0.2, -0.15) is 0 Å². The second-order valence-electron chi connectivity index (χ2n) is 6.19. The van der Waals surface area contributed by atoms with Gasteiger partial charge in [0.15, 0.2) is 5.89 Å². The Morgan fingerprint density at radius 2 is 2.30 bits per heavy atom. The smallest absolute Gasteiger partial charge is 0.194 e. The Hall–Kier alpha value is -1.66. The second-order valence-corrected chi connectivity index (χ2v) is 6.19. The molecule has 23 heavy (non-hydrogen) atoms. The lowest BCUT2D eigenvalue weighted by Gasteiger charge is -2.31. The van der Waals surface area contributed by atoms with Crippen LogP contribution in [0.15, 0.2) is 16.8 Å². The normalized spacial score (nSPS) is 21.7. The van der Waals surface area contributed by atoms with E-state index in [9.17, 15) is 0 Å². The zero-order valence-electron chi connectivity index (χ0n) is 14.2. The van der Waals surface area contributed by atoms with E-state index in [0.717, 1.165) is 55.6 Å². The van der Waals surface area contributed by atoms with Gasteiger partial charge in [0.05, 0.1) is 12.2 Å². The monoisotopic (exact) mass is 318 g/mol. The number of ether oxygens (including phenoxy) is 1. The van der Waals surface area contributed by atoms with Gasteiger partial charge in [0.25, 0.3) is 0 Å². The number of nitrogens with zero attached hydrogens (tertiary/aromatic N) is 3. The minimum absolute atomic E-state index is 0.0678. The van der Waals surface area contributed by atoms with Gasteiger partial charge in [-0.25, -0.2) is 9.97 Å². The fraction of sp³-hybridized carbons (Fsp3) is 0.647. The summed E-state index contributed by atoms with van der Waals surface area (Å²) in [7, 11) is 2.02. The molecular formula is C17H26N4O2. The molecule has 1 N–H and O–H groups in total. The molecular weight excluding hydrogens is 292 g/mol. The van der Waals surface area contributed by atoms with E-state index >= 15 is 0 Å².